The summed E-state index contributed by atoms with van der Waals surface area (Å²) >= 11 is 1.73. The van der Waals surface area contributed by atoms with Crippen LogP contribution in [0.1, 0.15) is 55.7 Å². The molecule has 1 aromatic carbocycles. The van der Waals surface area contributed by atoms with Gasteiger partial charge in [-0.2, -0.15) is 0 Å². The minimum atomic E-state index is -0.0118. The van der Waals surface area contributed by atoms with Gasteiger partial charge in [-0.05, 0) is 74.2 Å². The average Bonchev–Trinajstić information content (AvgIpc) is 3.27. The molecule has 6 heteroatoms. The number of amides is 2. The highest BCUT2D eigenvalue weighted by atomic mass is 32.1. The number of benzene rings is 1. The van der Waals surface area contributed by atoms with E-state index in [1.165, 1.54) is 10.4 Å². The lowest BCUT2D eigenvalue weighted by atomic mass is 9.96. The second kappa shape index (κ2) is 12.2. The summed E-state index contributed by atoms with van der Waals surface area (Å²) in [7, 11) is 0. The maximum atomic E-state index is 12.5. The number of thiophene rings is 1. The van der Waals surface area contributed by atoms with E-state index >= 15 is 0 Å². The molecule has 2 heterocycles. The lowest BCUT2D eigenvalue weighted by Gasteiger charge is -2.31. The zero-order valence-electron chi connectivity index (χ0n) is 19.6. The molecule has 2 N–H and O–H groups in total. The van der Waals surface area contributed by atoms with Crippen molar-refractivity contribution in [2.24, 2.45) is 11.8 Å². The van der Waals surface area contributed by atoms with Gasteiger partial charge in [0.1, 0.15) is 0 Å². The summed E-state index contributed by atoms with van der Waals surface area (Å²) in [5.41, 5.74) is 2.46. The third kappa shape index (κ3) is 7.75. The molecule has 0 spiro atoms. The second-order valence-corrected chi connectivity index (χ2v) is 10.3. The van der Waals surface area contributed by atoms with E-state index in [9.17, 15) is 9.59 Å². The number of likely N-dealkylation sites (tertiary alicyclic amines) is 1. The van der Waals surface area contributed by atoms with Gasteiger partial charge in [-0.3, -0.25) is 14.5 Å². The first-order valence-corrected chi connectivity index (χ1v) is 12.7. The Labute approximate surface area is 196 Å². The van der Waals surface area contributed by atoms with Crippen molar-refractivity contribution >= 4 is 23.2 Å². The van der Waals surface area contributed by atoms with Gasteiger partial charge >= 0.3 is 0 Å². The summed E-state index contributed by atoms with van der Waals surface area (Å²) in [6.45, 7) is 9.13. The zero-order valence-corrected chi connectivity index (χ0v) is 20.4. The van der Waals surface area contributed by atoms with E-state index in [1.807, 2.05) is 13.0 Å². The molecule has 1 aliphatic rings. The minimum absolute atomic E-state index is 0.0118. The van der Waals surface area contributed by atoms with E-state index in [0.717, 1.165) is 44.3 Å². The van der Waals surface area contributed by atoms with Crippen molar-refractivity contribution in [3.63, 3.8) is 0 Å². The molecule has 174 valence electrons. The van der Waals surface area contributed by atoms with Crippen molar-refractivity contribution in [3.05, 3.63) is 57.8 Å². The summed E-state index contributed by atoms with van der Waals surface area (Å²) < 4.78 is 0. The van der Waals surface area contributed by atoms with Crippen LogP contribution in [0, 0.1) is 11.8 Å². The lowest BCUT2D eigenvalue weighted by molar-refractivity contribution is -0.126. The fourth-order valence-corrected chi connectivity index (χ4v) is 4.96. The van der Waals surface area contributed by atoms with Gasteiger partial charge < -0.3 is 10.6 Å². The summed E-state index contributed by atoms with van der Waals surface area (Å²) in [4.78, 5) is 28.4. The number of nitrogens with zero attached hydrogens (tertiary/aromatic N) is 1. The summed E-state index contributed by atoms with van der Waals surface area (Å²) in [6.07, 6.45) is 3.58. The van der Waals surface area contributed by atoms with Gasteiger partial charge in [0, 0.05) is 17.3 Å². The molecule has 1 aromatic heterocycles. The fraction of sp³-hybridized carbons (Fsp3) is 0.538. The van der Waals surface area contributed by atoms with Crippen LogP contribution < -0.4 is 10.6 Å². The molecule has 1 unspecified atom stereocenters. The van der Waals surface area contributed by atoms with Crippen molar-refractivity contribution in [3.8, 4) is 0 Å². The third-order valence-electron chi connectivity index (χ3n) is 6.08. The normalized spacial score (nSPS) is 16.1. The molecule has 32 heavy (non-hydrogen) atoms. The van der Waals surface area contributed by atoms with E-state index in [2.05, 4.69) is 65.1 Å². The van der Waals surface area contributed by atoms with E-state index < -0.39 is 0 Å². The Morgan fingerprint density at radius 1 is 1.09 bits per heavy atom. The monoisotopic (exact) mass is 455 g/mol. The molecule has 0 aliphatic carbocycles. The van der Waals surface area contributed by atoms with Gasteiger partial charge in [0.15, 0.2) is 0 Å². The van der Waals surface area contributed by atoms with Crippen molar-refractivity contribution in [1.82, 2.24) is 15.5 Å². The quantitative estimate of drug-likeness (QED) is 0.565. The van der Waals surface area contributed by atoms with Gasteiger partial charge in [0.2, 0.25) is 11.8 Å². The molecular formula is C26H37N3O2S. The standard InChI is InChI=1S/C26H37N3O2S/c1-19(2)17-21-6-8-22(9-7-21)20(3)28-25(30)18-29-14-11-23(12-15-29)26(31)27-13-10-24-5-4-16-32-24/h4-9,16,19-20,23H,10-15,17-18H2,1-3H3,(H,27,31)(H,28,30). The van der Waals surface area contributed by atoms with Gasteiger partial charge in [-0.15, -0.1) is 11.3 Å². The minimum Gasteiger partial charge on any atom is -0.355 e. The smallest absolute Gasteiger partial charge is 0.234 e. The van der Waals surface area contributed by atoms with Crippen molar-refractivity contribution < 1.29 is 9.59 Å². The first kappa shape index (κ1) is 24.5. The molecule has 0 bridgehead atoms. The molecule has 1 fully saturated rings. The zero-order chi connectivity index (χ0) is 22.9. The largest absolute Gasteiger partial charge is 0.355 e. The molecule has 0 saturated carbocycles. The van der Waals surface area contributed by atoms with Crippen LogP contribution in [-0.4, -0.2) is 42.9 Å². The average molecular weight is 456 g/mol. The second-order valence-electron chi connectivity index (χ2n) is 9.30. The molecular weight excluding hydrogens is 418 g/mol. The summed E-state index contributed by atoms with van der Waals surface area (Å²) in [5, 5.41) is 8.26. The molecule has 1 saturated heterocycles. The lowest BCUT2D eigenvalue weighted by Crippen LogP contribution is -2.45. The molecule has 3 rings (SSSR count). The highest BCUT2D eigenvalue weighted by molar-refractivity contribution is 7.09. The maximum absolute atomic E-state index is 12.5. The molecule has 1 atom stereocenters. The Morgan fingerprint density at radius 3 is 2.44 bits per heavy atom. The van der Waals surface area contributed by atoms with Crippen LogP contribution in [0.4, 0.5) is 0 Å². The molecule has 0 radical (unpaired) electrons. The summed E-state index contributed by atoms with van der Waals surface area (Å²) in [6, 6.07) is 12.7. The van der Waals surface area contributed by atoms with Gasteiger partial charge in [-0.1, -0.05) is 44.2 Å². The van der Waals surface area contributed by atoms with Crippen LogP contribution >= 0.6 is 11.3 Å². The number of carbonyl (C=O) groups is 2. The Hall–Kier alpha value is -2.18. The highest BCUT2D eigenvalue weighted by Crippen LogP contribution is 2.18. The fourth-order valence-electron chi connectivity index (χ4n) is 4.25. The maximum Gasteiger partial charge on any atom is 0.234 e. The van der Waals surface area contributed by atoms with Gasteiger partial charge in [0.05, 0.1) is 12.6 Å². The van der Waals surface area contributed by atoms with E-state index in [4.69, 9.17) is 0 Å². The number of carbonyl (C=O) groups excluding carboxylic acids is 2. The Morgan fingerprint density at radius 2 is 1.81 bits per heavy atom. The Balaban J connectivity index is 1.35. The Bertz CT molecular complexity index is 840. The van der Waals surface area contributed by atoms with E-state index in [-0.39, 0.29) is 23.8 Å². The topological polar surface area (TPSA) is 61.4 Å². The number of rotatable bonds is 10. The van der Waals surface area contributed by atoms with Crippen LogP contribution in [0.25, 0.3) is 0 Å². The van der Waals surface area contributed by atoms with Crippen LogP contribution in [0.2, 0.25) is 0 Å². The van der Waals surface area contributed by atoms with Crippen molar-refractivity contribution in [2.45, 2.75) is 52.5 Å². The van der Waals surface area contributed by atoms with Gasteiger partial charge in [-0.25, -0.2) is 0 Å². The van der Waals surface area contributed by atoms with Crippen LogP contribution in [0.3, 0.4) is 0 Å². The number of hydrogen-bond donors (Lipinski definition) is 2. The predicted molar refractivity (Wildman–Crippen MR) is 132 cm³/mol. The van der Waals surface area contributed by atoms with Crippen LogP contribution in [-0.2, 0) is 22.4 Å². The highest BCUT2D eigenvalue weighted by Gasteiger charge is 2.26. The van der Waals surface area contributed by atoms with E-state index in [0.29, 0.717) is 19.0 Å². The first-order valence-electron chi connectivity index (χ1n) is 11.8. The first-order chi connectivity index (χ1) is 15.4. The molecule has 1 aliphatic heterocycles. The number of piperidine rings is 1. The number of hydrogen-bond acceptors (Lipinski definition) is 4. The van der Waals surface area contributed by atoms with Crippen molar-refractivity contribution in [1.29, 1.82) is 0 Å². The number of nitrogens with one attached hydrogen (secondary N) is 2. The van der Waals surface area contributed by atoms with E-state index in [1.54, 1.807) is 11.3 Å². The van der Waals surface area contributed by atoms with Crippen molar-refractivity contribution in [2.75, 3.05) is 26.2 Å². The van der Waals surface area contributed by atoms with Gasteiger partial charge in [0.25, 0.3) is 0 Å². The molecule has 2 aromatic rings. The predicted octanol–water partition coefficient (Wildman–Crippen LogP) is 4.19. The molecule has 2 amide bonds. The molecule has 5 nitrogen and oxygen atoms in total. The SMILES string of the molecule is CC(C)Cc1ccc(C(C)NC(=O)CN2CCC(C(=O)NCCc3cccs3)CC2)cc1. The Kier molecular flexibility index (Phi) is 9.30. The van der Waals surface area contributed by atoms with Crippen LogP contribution in [0.15, 0.2) is 41.8 Å². The third-order valence-corrected chi connectivity index (χ3v) is 7.01. The summed E-state index contributed by atoms with van der Waals surface area (Å²) in [5.74, 6) is 0.892. The van der Waals surface area contributed by atoms with Crippen LogP contribution in [0.5, 0.6) is 0 Å².